The zero-order valence-corrected chi connectivity index (χ0v) is 9.02. The number of carbonyl (C=O) groups excluding carboxylic acids is 1. The minimum Gasteiger partial charge on any atom is -0.380 e. The van der Waals surface area contributed by atoms with Crippen LogP contribution in [0.4, 0.5) is 0 Å². The predicted octanol–water partition coefficient (Wildman–Crippen LogP) is 1.10. The Morgan fingerprint density at radius 3 is 3.00 bits per heavy atom. The lowest BCUT2D eigenvalue weighted by molar-refractivity contribution is -0.127. The molecule has 0 bridgehead atoms. The van der Waals surface area contributed by atoms with Gasteiger partial charge in [0.25, 0.3) is 0 Å². The van der Waals surface area contributed by atoms with E-state index in [1.54, 1.807) is 0 Å². The van der Waals surface area contributed by atoms with Gasteiger partial charge in [0.05, 0.1) is 13.2 Å². The maximum absolute atomic E-state index is 11.6. The summed E-state index contributed by atoms with van der Waals surface area (Å²) in [5, 5.41) is 3.91. The molecule has 1 saturated carbocycles. The fourth-order valence-electron chi connectivity index (χ4n) is 1.92. The molecular formula is C11H14N2O3. The number of hydrogen-bond acceptors (Lipinski definition) is 5. The zero-order valence-electron chi connectivity index (χ0n) is 9.02. The Hall–Kier alpha value is -1.23. The van der Waals surface area contributed by atoms with Crippen molar-refractivity contribution in [3.8, 4) is 0 Å². The lowest BCUT2D eigenvalue weighted by Crippen LogP contribution is -2.25. The second kappa shape index (κ2) is 3.97. The summed E-state index contributed by atoms with van der Waals surface area (Å²) in [7, 11) is 0. The van der Waals surface area contributed by atoms with Gasteiger partial charge in [-0.2, -0.15) is 4.98 Å². The van der Waals surface area contributed by atoms with Crippen LogP contribution < -0.4 is 0 Å². The molecule has 2 aliphatic rings. The van der Waals surface area contributed by atoms with Crippen LogP contribution in [0, 0.1) is 5.92 Å². The zero-order chi connectivity index (χ0) is 11.0. The van der Waals surface area contributed by atoms with Gasteiger partial charge in [0.15, 0.2) is 5.82 Å². The minimum atomic E-state index is -0.339. The van der Waals surface area contributed by atoms with Crippen molar-refractivity contribution in [1.82, 2.24) is 10.1 Å². The number of ether oxygens (including phenoxy) is 1. The second-order valence-corrected chi connectivity index (χ2v) is 4.54. The Balaban J connectivity index is 1.72. The summed E-state index contributed by atoms with van der Waals surface area (Å²) < 4.78 is 10.4. The van der Waals surface area contributed by atoms with Crippen molar-refractivity contribution in [3.05, 3.63) is 11.7 Å². The fourth-order valence-corrected chi connectivity index (χ4v) is 1.92. The SMILES string of the molecule is O=C1CCOCC1c1nc(CC2CC2)no1. The van der Waals surface area contributed by atoms with Crippen molar-refractivity contribution < 1.29 is 14.1 Å². The minimum absolute atomic E-state index is 0.146. The molecule has 1 unspecified atom stereocenters. The third-order valence-corrected chi connectivity index (χ3v) is 3.12. The van der Waals surface area contributed by atoms with Crippen LogP contribution in [0.25, 0.3) is 0 Å². The van der Waals surface area contributed by atoms with Crippen molar-refractivity contribution in [2.45, 2.75) is 31.6 Å². The van der Waals surface area contributed by atoms with Crippen LogP contribution in [0.2, 0.25) is 0 Å². The summed E-state index contributed by atoms with van der Waals surface area (Å²) in [6.07, 6.45) is 3.85. The highest BCUT2D eigenvalue weighted by atomic mass is 16.5. The van der Waals surface area contributed by atoms with E-state index in [0.717, 1.165) is 18.2 Å². The maximum Gasteiger partial charge on any atom is 0.239 e. The summed E-state index contributed by atoms with van der Waals surface area (Å²) >= 11 is 0. The number of Topliss-reactive ketones (excluding diaryl/α,β-unsaturated/α-hetero) is 1. The van der Waals surface area contributed by atoms with Crippen LogP contribution in [0.15, 0.2) is 4.52 Å². The van der Waals surface area contributed by atoms with Crippen LogP contribution in [-0.2, 0) is 16.0 Å². The average molecular weight is 222 g/mol. The molecule has 1 aliphatic heterocycles. The first-order valence-corrected chi connectivity index (χ1v) is 5.76. The lowest BCUT2D eigenvalue weighted by Gasteiger charge is -2.16. The Morgan fingerprint density at radius 1 is 1.38 bits per heavy atom. The molecule has 2 fully saturated rings. The summed E-state index contributed by atoms with van der Waals surface area (Å²) in [5.41, 5.74) is 0. The van der Waals surface area contributed by atoms with Crippen molar-refractivity contribution in [2.75, 3.05) is 13.2 Å². The molecule has 5 nitrogen and oxygen atoms in total. The molecule has 1 aromatic rings. The van der Waals surface area contributed by atoms with Gasteiger partial charge in [-0.05, 0) is 18.8 Å². The van der Waals surface area contributed by atoms with Crippen molar-refractivity contribution in [3.63, 3.8) is 0 Å². The van der Waals surface area contributed by atoms with Crippen molar-refractivity contribution in [2.24, 2.45) is 5.92 Å². The summed E-state index contributed by atoms with van der Waals surface area (Å²) in [5.74, 6) is 1.70. The molecule has 0 amide bonds. The van der Waals surface area contributed by atoms with E-state index < -0.39 is 0 Å². The van der Waals surface area contributed by atoms with Crippen LogP contribution in [-0.4, -0.2) is 29.1 Å². The largest absolute Gasteiger partial charge is 0.380 e. The molecular weight excluding hydrogens is 208 g/mol. The number of rotatable bonds is 3. The third-order valence-electron chi connectivity index (χ3n) is 3.12. The van der Waals surface area contributed by atoms with Crippen molar-refractivity contribution in [1.29, 1.82) is 0 Å². The van der Waals surface area contributed by atoms with E-state index in [2.05, 4.69) is 10.1 Å². The van der Waals surface area contributed by atoms with Crippen LogP contribution in [0.1, 0.15) is 36.9 Å². The highest BCUT2D eigenvalue weighted by Crippen LogP contribution is 2.32. The lowest BCUT2D eigenvalue weighted by atomic mass is 10.0. The van der Waals surface area contributed by atoms with E-state index >= 15 is 0 Å². The molecule has 5 heteroatoms. The molecule has 1 saturated heterocycles. The molecule has 1 atom stereocenters. The first-order chi connectivity index (χ1) is 7.83. The number of nitrogens with zero attached hydrogens (tertiary/aromatic N) is 2. The number of aromatic nitrogens is 2. The van der Waals surface area contributed by atoms with Crippen molar-refractivity contribution >= 4 is 5.78 Å². The monoisotopic (exact) mass is 222 g/mol. The number of hydrogen-bond donors (Lipinski definition) is 0. The van der Waals surface area contributed by atoms with Gasteiger partial charge in [0.1, 0.15) is 11.7 Å². The topological polar surface area (TPSA) is 65.2 Å². The number of ketones is 1. The van der Waals surface area contributed by atoms with Gasteiger partial charge in [-0.25, -0.2) is 0 Å². The normalized spacial score (nSPS) is 26.0. The van der Waals surface area contributed by atoms with Crippen LogP contribution in [0.5, 0.6) is 0 Å². The molecule has 2 heterocycles. The first kappa shape index (κ1) is 9.96. The molecule has 1 aliphatic carbocycles. The molecule has 86 valence electrons. The molecule has 0 spiro atoms. The van der Waals surface area contributed by atoms with Gasteiger partial charge in [0.2, 0.25) is 5.89 Å². The Kier molecular flexibility index (Phi) is 2.47. The summed E-state index contributed by atoms with van der Waals surface area (Å²) in [6, 6.07) is 0. The van der Waals surface area contributed by atoms with Gasteiger partial charge in [0, 0.05) is 12.8 Å². The van der Waals surface area contributed by atoms with Gasteiger partial charge in [-0.1, -0.05) is 5.16 Å². The quantitative estimate of drug-likeness (QED) is 0.766. The van der Waals surface area contributed by atoms with Gasteiger partial charge in [-0.15, -0.1) is 0 Å². The van der Waals surface area contributed by atoms with E-state index in [1.165, 1.54) is 12.8 Å². The molecule has 0 radical (unpaired) electrons. The second-order valence-electron chi connectivity index (χ2n) is 4.54. The average Bonchev–Trinajstić information content (AvgIpc) is 2.97. The van der Waals surface area contributed by atoms with E-state index in [1.807, 2.05) is 0 Å². The fraction of sp³-hybridized carbons (Fsp3) is 0.727. The smallest absolute Gasteiger partial charge is 0.239 e. The van der Waals surface area contributed by atoms with Gasteiger partial charge >= 0.3 is 0 Å². The third kappa shape index (κ3) is 2.00. The van der Waals surface area contributed by atoms with E-state index in [0.29, 0.717) is 25.5 Å². The Bertz CT molecular complexity index is 398. The Morgan fingerprint density at radius 2 is 2.25 bits per heavy atom. The molecule has 3 rings (SSSR count). The molecule has 16 heavy (non-hydrogen) atoms. The standard InChI is InChI=1S/C11H14N2O3/c14-9-3-4-15-6-8(9)11-12-10(13-16-11)5-7-1-2-7/h7-8H,1-6H2. The maximum atomic E-state index is 11.6. The predicted molar refractivity (Wildman–Crippen MR) is 53.9 cm³/mol. The highest BCUT2D eigenvalue weighted by molar-refractivity contribution is 5.85. The van der Waals surface area contributed by atoms with E-state index in [-0.39, 0.29) is 11.7 Å². The van der Waals surface area contributed by atoms with Gasteiger partial charge < -0.3 is 9.26 Å². The summed E-state index contributed by atoms with van der Waals surface area (Å²) in [6.45, 7) is 0.891. The molecule has 0 aromatic carbocycles. The van der Waals surface area contributed by atoms with E-state index in [9.17, 15) is 4.79 Å². The highest BCUT2D eigenvalue weighted by Gasteiger charge is 2.31. The summed E-state index contributed by atoms with van der Waals surface area (Å²) in [4.78, 5) is 15.9. The number of carbonyl (C=O) groups is 1. The Labute approximate surface area is 93.2 Å². The van der Waals surface area contributed by atoms with Crippen LogP contribution in [0.3, 0.4) is 0 Å². The molecule has 1 aromatic heterocycles. The molecule has 0 N–H and O–H groups in total. The van der Waals surface area contributed by atoms with Gasteiger partial charge in [-0.3, -0.25) is 4.79 Å². The first-order valence-electron chi connectivity index (χ1n) is 5.76. The van der Waals surface area contributed by atoms with Crippen LogP contribution >= 0.6 is 0 Å². The van der Waals surface area contributed by atoms with E-state index in [4.69, 9.17) is 9.26 Å².